The van der Waals surface area contributed by atoms with Crippen molar-refractivity contribution in [1.82, 2.24) is 0 Å². The molecule has 14 heavy (non-hydrogen) atoms. The van der Waals surface area contributed by atoms with Crippen LogP contribution in [0.4, 0.5) is 0 Å². The fourth-order valence-electron chi connectivity index (χ4n) is 1.68. The molecule has 0 saturated heterocycles. The van der Waals surface area contributed by atoms with Crippen molar-refractivity contribution >= 4 is 27.0 Å². The van der Waals surface area contributed by atoms with Gasteiger partial charge in [0.25, 0.3) is 0 Å². The van der Waals surface area contributed by atoms with E-state index in [-0.39, 0.29) is 10.7 Å². The highest BCUT2D eigenvalue weighted by molar-refractivity contribution is 7.92. The van der Waals surface area contributed by atoms with Crippen LogP contribution in [0.25, 0.3) is 0 Å². The normalized spacial score (nSPS) is 31.4. The van der Waals surface area contributed by atoms with Crippen LogP contribution in [0.5, 0.6) is 0 Å². The Bertz CT molecular complexity index is 338. The molecule has 0 unspecified atom stereocenters. The van der Waals surface area contributed by atoms with Gasteiger partial charge in [-0.15, -0.1) is 0 Å². The number of sulfone groups is 1. The summed E-state index contributed by atoms with van der Waals surface area (Å²) in [6.07, 6.45) is 0.506. The van der Waals surface area contributed by atoms with Crippen molar-refractivity contribution in [3.63, 3.8) is 0 Å². The van der Waals surface area contributed by atoms with Crippen molar-refractivity contribution in [2.24, 2.45) is 11.1 Å². The molecular weight excluding hydrogens is 222 g/mol. The van der Waals surface area contributed by atoms with E-state index in [1.54, 1.807) is 6.92 Å². The van der Waals surface area contributed by atoms with Crippen LogP contribution in [-0.4, -0.2) is 38.1 Å². The van der Waals surface area contributed by atoms with Crippen LogP contribution in [-0.2, 0) is 14.6 Å². The summed E-state index contributed by atoms with van der Waals surface area (Å²) in [6, 6.07) is 0. The summed E-state index contributed by atoms with van der Waals surface area (Å²) in [4.78, 5) is 0.251. The third-order valence-electron chi connectivity index (χ3n) is 2.73. The van der Waals surface area contributed by atoms with Crippen LogP contribution in [0.15, 0.2) is 0 Å². The lowest BCUT2D eigenvalue weighted by molar-refractivity contribution is 0.169. The summed E-state index contributed by atoms with van der Waals surface area (Å²) >= 11 is 4.89. The molecule has 0 aromatic rings. The lowest BCUT2D eigenvalue weighted by atomic mass is 10.1. The maximum absolute atomic E-state index is 11.6. The highest BCUT2D eigenvalue weighted by atomic mass is 32.2. The predicted octanol–water partition coefficient (Wildman–Crippen LogP) is 0.112. The van der Waals surface area contributed by atoms with E-state index in [9.17, 15) is 8.42 Å². The topological polar surface area (TPSA) is 69.4 Å². The minimum absolute atomic E-state index is 0.131. The van der Waals surface area contributed by atoms with Crippen molar-refractivity contribution in [2.45, 2.75) is 18.6 Å². The number of rotatable bonds is 5. The van der Waals surface area contributed by atoms with Crippen molar-refractivity contribution in [2.75, 3.05) is 19.5 Å². The molecule has 0 bridgehead atoms. The monoisotopic (exact) mass is 237 g/mol. The van der Waals surface area contributed by atoms with E-state index >= 15 is 0 Å². The minimum atomic E-state index is -3.05. The first-order valence-electron chi connectivity index (χ1n) is 4.41. The lowest BCUT2D eigenvalue weighted by Crippen LogP contribution is -2.33. The number of thiocarbonyl (C=S) groups is 1. The van der Waals surface area contributed by atoms with E-state index in [2.05, 4.69) is 0 Å². The average Bonchev–Trinajstić information content (AvgIpc) is 2.82. The molecular formula is C8H15NO3S2. The van der Waals surface area contributed by atoms with E-state index in [4.69, 9.17) is 22.7 Å². The van der Waals surface area contributed by atoms with Gasteiger partial charge < -0.3 is 10.5 Å². The Morgan fingerprint density at radius 3 is 2.64 bits per heavy atom. The van der Waals surface area contributed by atoms with Crippen LogP contribution in [0.1, 0.15) is 13.3 Å². The summed E-state index contributed by atoms with van der Waals surface area (Å²) in [5.41, 5.74) is 4.95. The van der Waals surface area contributed by atoms with Crippen molar-refractivity contribution in [3.8, 4) is 0 Å². The van der Waals surface area contributed by atoms with Gasteiger partial charge in [0.15, 0.2) is 9.84 Å². The molecule has 2 atom stereocenters. The Labute approximate surface area is 89.7 Å². The summed E-state index contributed by atoms with van der Waals surface area (Å²) in [6.45, 7) is 1.93. The van der Waals surface area contributed by atoms with Crippen molar-refractivity contribution < 1.29 is 13.2 Å². The van der Waals surface area contributed by atoms with Crippen LogP contribution in [0.3, 0.4) is 0 Å². The zero-order valence-electron chi connectivity index (χ0n) is 8.32. The second-order valence-corrected chi connectivity index (χ2v) is 6.51. The van der Waals surface area contributed by atoms with E-state index < -0.39 is 20.5 Å². The molecule has 0 aromatic carbocycles. The Balaban J connectivity index is 2.86. The fraction of sp³-hybridized carbons (Fsp3) is 0.875. The molecule has 1 saturated carbocycles. The second-order valence-electron chi connectivity index (χ2n) is 3.60. The maximum atomic E-state index is 11.6. The van der Waals surface area contributed by atoms with Crippen molar-refractivity contribution in [1.29, 1.82) is 0 Å². The molecule has 0 amide bonds. The molecule has 1 rings (SSSR count). The van der Waals surface area contributed by atoms with Gasteiger partial charge in [-0.2, -0.15) is 0 Å². The van der Waals surface area contributed by atoms with Crippen LogP contribution in [0, 0.1) is 5.41 Å². The lowest BCUT2D eigenvalue weighted by Gasteiger charge is -2.14. The van der Waals surface area contributed by atoms with Gasteiger partial charge in [-0.25, -0.2) is 8.42 Å². The van der Waals surface area contributed by atoms with Gasteiger partial charge in [-0.05, 0) is 6.42 Å². The van der Waals surface area contributed by atoms with Gasteiger partial charge >= 0.3 is 0 Å². The average molecular weight is 237 g/mol. The standard InChI is InChI=1S/C8H15NO3S2/c1-3-14(10,11)6-4-8(6,5-12-2)7(9)13/h6H,3-5H2,1-2H3,(H2,9,13)/t6-,8-/m0/s1. The number of hydrogen-bond donors (Lipinski definition) is 1. The van der Waals surface area contributed by atoms with E-state index in [0.717, 1.165) is 0 Å². The zero-order chi connectivity index (χ0) is 11.0. The first kappa shape index (κ1) is 11.9. The molecule has 0 spiro atoms. The van der Waals surface area contributed by atoms with Crippen LogP contribution in [0.2, 0.25) is 0 Å². The third-order valence-corrected chi connectivity index (χ3v) is 5.43. The highest BCUT2D eigenvalue weighted by Crippen LogP contribution is 2.51. The predicted molar refractivity (Wildman–Crippen MR) is 59.0 cm³/mol. The highest BCUT2D eigenvalue weighted by Gasteiger charge is 2.62. The molecule has 0 radical (unpaired) electrons. The Morgan fingerprint density at radius 1 is 1.71 bits per heavy atom. The SMILES string of the molecule is CCS(=O)(=O)[C@H]1C[C@@]1(COC)C(N)=S. The molecule has 0 aliphatic heterocycles. The van der Waals surface area contributed by atoms with E-state index in [0.29, 0.717) is 13.0 Å². The number of nitrogens with two attached hydrogens (primary N) is 1. The first-order chi connectivity index (χ1) is 6.40. The molecule has 2 N–H and O–H groups in total. The van der Waals surface area contributed by atoms with E-state index in [1.807, 2.05) is 0 Å². The molecule has 1 fully saturated rings. The van der Waals surface area contributed by atoms with Crippen LogP contribution < -0.4 is 5.73 Å². The van der Waals surface area contributed by atoms with E-state index in [1.165, 1.54) is 7.11 Å². The summed E-state index contributed by atoms with van der Waals surface area (Å²) < 4.78 is 28.1. The first-order valence-corrected chi connectivity index (χ1v) is 6.53. The smallest absolute Gasteiger partial charge is 0.153 e. The van der Waals surface area contributed by atoms with Gasteiger partial charge in [0.1, 0.15) is 0 Å². The molecule has 4 nitrogen and oxygen atoms in total. The summed E-state index contributed by atoms with van der Waals surface area (Å²) in [5.74, 6) is 0.131. The van der Waals surface area contributed by atoms with Gasteiger partial charge in [-0.3, -0.25) is 0 Å². The summed E-state index contributed by atoms with van der Waals surface area (Å²) in [5, 5.41) is -0.433. The Kier molecular flexibility index (Phi) is 3.18. The van der Waals surface area contributed by atoms with Crippen molar-refractivity contribution in [3.05, 3.63) is 0 Å². The molecule has 0 heterocycles. The fourth-order valence-corrected chi connectivity index (χ4v) is 3.88. The van der Waals surface area contributed by atoms with Gasteiger partial charge in [0, 0.05) is 12.9 Å². The Morgan fingerprint density at radius 2 is 2.29 bits per heavy atom. The molecule has 6 heteroatoms. The Hall–Kier alpha value is -0.200. The molecule has 0 aromatic heterocycles. The molecule has 1 aliphatic carbocycles. The number of methoxy groups -OCH3 is 1. The minimum Gasteiger partial charge on any atom is -0.393 e. The zero-order valence-corrected chi connectivity index (χ0v) is 9.95. The van der Waals surface area contributed by atoms with Crippen LogP contribution >= 0.6 is 12.2 Å². The molecule has 1 aliphatic rings. The third kappa shape index (κ3) is 1.78. The van der Waals surface area contributed by atoms with Gasteiger partial charge in [0.2, 0.25) is 0 Å². The van der Waals surface area contributed by atoms with Gasteiger partial charge in [-0.1, -0.05) is 19.1 Å². The quantitative estimate of drug-likeness (QED) is 0.687. The largest absolute Gasteiger partial charge is 0.393 e. The second kappa shape index (κ2) is 3.75. The van der Waals surface area contributed by atoms with Gasteiger partial charge in [0.05, 0.1) is 22.3 Å². The molecule has 82 valence electrons. The maximum Gasteiger partial charge on any atom is 0.153 e. The summed E-state index contributed by atoms with van der Waals surface area (Å²) in [7, 11) is -1.53. The number of hydrogen-bond acceptors (Lipinski definition) is 4. The number of ether oxygens (including phenoxy) is 1.